The van der Waals surface area contributed by atoms with Gasteiger partial charge in [-0.3, -0.25) is 0 Å². The Morgan fingerprint density at radius 3 is 2.73 bits per heavy atom. The second-order valence-electron chi connectivity index (χ2n) is 5.15. The number of para-hydroxylation sites is 1. The molecule has 0 aromatic heterocycles. The molecule has 22 heavy (non-hydrogen) atoms. The first-order chi connectivity index (χ1) is 10.7. The zero-order valence-electron chi connectivity index (χ0n) is 12.7. The van der Waals surface area contributed by atoms with Crippen LogP contribution in [0.2, 0.25) is 0 Å². The Kier molecular flexibility index (Phi) is 5.83. The average Bonchev–Trinajstić information content (AvgIpc) is 2.51. The van der Waals surface area contributed by atoms with E-state index in [2.05, 4.69) is 5.32 Å². The highest BCUT2D eigenvalue weighted by Gasteiger charge is 2.07. The van der Waals surface area contributed by atoms with Crippen molar-refractivity contribution in [2.45, 2.75) is 19.8 Å². The third-order valence-electron chi connectivity index (χ3n) is 3.30. The number of carboxylic acids is 1. The monoisotopic (exact) mass is 299 g/mol. The number of unbranched alkanes of at least 4 members (excludes halogenated alkanes) is 1. The maximum Gasteiger partial charge on any atom is 0.337 e. The lowest BCUT2D eigenvalue weighted by Gasteiger charge is -2.10. The van der Waals surface area contributed by atoms with Crippen molar-refractivity contribution in [2.24, 2.45) is 0 Å². The molecule has 0 amide bonds. The fourth-order valence-corrected chi connectivity index (χ4v) is 2.17. The molecular weight excluding hydrogens is 278 g/mol. The molecule has 0 fully saturated rings. The summed E-state index contributed by atoms with van der Waals surface area (Å²) in [5.41, 5.74) is 2.15. The number of anilines is 1. The Labute approximate surface area is 130 Å². The van der Waals surface area contributed by atoms with Crippen LogP contribution in [0.15, 0.2) is 48.5 Å². The second-order valence-corrected chi connectivity index (χ2v) is 5.15. The first kappa shape index (κ1) is 15.9. The first-order valence-corrected chi connectivity index (χ1v) is 7.42. The van der Waals surface area contributed by atoms with E-state index in [-0.39, 0.29) is 0 Å². The Morgan fingerprint density at radius 2 is 1.95 bits per heavy atom. The van der Waals surface area contributed by atoms with Crippen LogP contribution in [-0.4, -0.2) is 24.2 Å². The van der Waals surface area contributed by atoms with E-state index in [4.69, 9.17) is 9.84 Å². The fourth-order valence-electron chi connectivity index (χ4n) is 2.17. The van der Waals surface area contributed by atoms with E-state index >= 15 is 0 Å². The van der Waals surface area contributed by atoms with Crippen LogP contribution < -0.4 is 10.1 Å². The number of hydrogen-bond donors (Lipinski definition) is 2. The summed E-state index contributed by atoms with van der Waals surface area (Å²) in [6, 6.07) is 14.9. The van der Waals surface area contributed by atoms with Gasteiger partial charge in [-0.15, -0.1) is 0 Å². The number of ether oxygens (including phenoxy) is 1. The molecule has 0 aliphatic rings. The largest absolute Gasteiger partial charge is 0.494 e. The van der Waals surface area contributed by atoms with Gasteiger partial charge in [0.1, 0.15) is 5.75 Å². The van der Waals surface area contributed by atoms with E-state index < -0.39 is 5.97 Å². The SMILES string of the molecule is Cc1cccc(OCCCCNc2ccccc2C(=O)O)c1. The van der Waals surface area contributed by atoms with Gasteiger partial charge < -0.3 is 15.2 Å². The molecule has 0 unspecified atom stereocenters. The summed E-state index contributed by atoms with van der Waals surface area (Å²) in [6.45, 7) is 3.42. The lowest BCUT2D eigenvalue weighted by Crippen LogP contribution is -2.08. The molecule has 2 rings (SSSR count). The first-order valence-electron chi connectivity index (χ1n) is 7.42. The fraction of sp³-hybridized carbons (Fsp3) is 0.278. The van der Waals surface area contributed by atoms with E-state index in [1.165, 1.54) is 5.56 Å². The molecule has 4 heteroatoms. The predicted octanol–water partition coefficient (Wildman–Crippen LogP) is 3.96. The van der Waals surface area contributed by atoms with Gasteiger partial charge in [-0.2, -0.15) is 0 Å². The van der Waals surface area contributed by atoms with Crippen LogP contribution >= 0.6 is 0 Å². The Morgan fingerprint density at radius 1 is 1.14 bits per heavy atom. The maximum atomic E-state index is 11.1. The number of aryl methyl sites for hydroxylation is 1. The summed E-state index contributed by atoms with van der Waals surface area (Å²) in [6.07, 6.45) is 1.83. The van der Waals surface area contributed by atoms with Crippen molar-refractivity contribution in [2.75, 3.05) is 18.5 Å². The Balaban J connectivity index is 1.69. The average molecular weight is 299 g/mol. The van der Waals surface area contributed by atoms with Gasteiger partial charge in [0, 0.05) is 12.2 Å². The van der Waals surface area contributed by atoms with Crippen LogP contribution in [-0.2, 0) is 0 Å². The van der Waals surface area contributed by atoms with E-state index in [0.29, 0.717) is 17.9 Å². The molecule has 0 heterocycles. The van der Waals surface area contributed by atoms with Crippen molar-refractivity contribution in [1.82, 2.24) is 0 Å². The molecule has 0 saturated heterocycles. The molecule has 2 N–H and O–H groups in total. The highest BCUT2D eigenvalue weighted by molar-refractivity contribution is 5.94. The number of aromatic carboxylic acids is 1. The summed E-state index contributed by atoms with van der Waals surface area (Å²) >= 11 is 0. The van der Waals surface area contributed by atoms with Crippen LogP contribution in [0.1, 0.15) is 28.8 Å². The van der Waals surface area contributed by atoms with Gasteiger partial charge in [-0.05, 0) is 49.6 Å². The van der Waals surface area contributed by atoms with Crippen molar-refractivity contribution in [3.8, 4) is 5.75 Å². The van der Waals surface area contributed by atoms with Crippen molar-refractivity contribution >= 4 is 11.7 Å². The lowest BCUT2D eigenvalue weighted by molar-refractivity contribution is 0.0698. The van der Waals surface area contributed by atoms with Gasteiger partial charge >= 0.3 is 5.97 Å². The van der Waals surface area contributed by atoms with Crippen LogP contribution in [0.3, 0.4) is 0 Å². The summed E-state index contributed by atoms with van der Waals surface area (Å²) in [5, 5.41) is 12.3. The van der Waals surface area contributed by atoms with Crippen LogP contribution in [0.5, 0.6) is 5.75 Å². The number of rotatable bonds is 8. The molecule has 116 valence electrons. The van der Waals surface area contributed by atoms with E-state index in [9.17, 15) is 4.79 Å². The summed E-state index contributed by atoms with van der Waals surface area (Å²) in [5.74, 6) is -0.0185. The van der Waals surface area contributed by atoms with Crippen molar-refractivity contribution in [3.63, 3.8) is 0 Å². The van der Waals surface area contributed by atoms with Gasteiger partial charge in [0.05, 0.1) is 12.2 Å². The maximum absolute atomic E-state index is 11.1. The molecule has 0 aliphatic heterocycles. The van der Waals surface area contributed by atoms with Gasteiger partial charge in [-0.1, -0.05) is 24.3 Å². The molecule has 0 bridgehead atoms. The highest BCUT2D eigenvalue weighted by atomic mass is 16.5. The minimum Gasteiger partial charge on any atom is -0.494 e. The molecule has 2 aromatic carbocycles. The van der Waals surface area contributed by atoms with Crippen LogP contribution in [0.4, 0.5) is 5.69 Å². The van der Waals surface area contributed by atoms with E-state index in [1.807, 2.05) is 37.3 Å². The topological polar surface area (TPSA) is 58.6 Å². The minimum atomic E-state index is -0.911. The van der Waals surface area contributed by atoms with E-state index in [1.54, 1.807) is 18.2 Å². The number of carbonyl (C=O) groups is 1. The molecule has 2 aromatic rings. The Bertz CT molecular complexity index is 625. The standard InChI is InChI=1S/C18H21NO3/c1-14-7-6-8-15(13-14)22-12-5-4-11-19-17-10-3-2-9-16(17)18(20)21/h2-3,6-10,13,19H,4-5,11-12H2,1H3,(H,20,21). The molecule has 0 radical (unpaired) electrons. The van der Waals surface area contributed by atoms with E-state index in [0.717, 1.165) is 25.1 Å². The molecule has 0 aliphatic carbocycles. The van der Waals surface area contributed by atoms with Crippen molar-refractivity contribution in [1.29, 1.82) is 0 Å². The number of carboxylic acid groups (broad SMARTS) is 1. The van der Waals surface area contributed by atoms with Crippen LogP contribution in [0.25, 0.3) is 0 Å². The predicted molar refractivity (Wildman–Crippen MR) is 87.8 cm³/mol. The smallest absolute Gasteiger partial charge is 0.337 e. The number of nitrogens with one attached hydrogen (secondary N) is 1. The molecule has 0 saturated carbocycles. The molecular formula is C18H21NO3. The number of hydrogen-bond acceptors (Lipinski definition) is 3. The van der Waals surface area contributed by atoms with Gasteiger partial charge in [-0.25, -0.2) is 4.79 Å². The van der Waals surface area contributed by atoms with Gasteiger partial charge in [0.2, 0.25) is 0 Å². The third kappa shape index (κ3) is 4.81. The zero-order chi connectivity index (χ0) is 15.8. The molecule has 4 nitrogen and oxygen atoms in total. The highest BCUT2D eigenvalue weighted by Crippen LogP contribution is 2.15. The minimum absolute atomic E-state index is 0.304. The number of benzene rings is 2. The van der Waals surface area contributed by atoms with Crippen molar-refractivity contribution < 1.29 is 14.6 Å². The lowest BCUT2D eigenvalue weighted by atomic mass is 10.1. The molecule has 0 spiro atoms. The normalized spacial score (nSPS) is 10.2. The van der Waals surface area contributed by atoms with Crippen LogP contribution in [0, 0.1) is 6.92 Å². The van der Waals surface area contributed by atoms with Crippen molar-refractivity contribution in [3.05, 3.63) is 59.7 Å². The summed E-state index contributed by atoms with van der Waals surface area (Å²) in [7, 11) is 0. The Hall–Kier alpha value is -2.49. The third-order valence-corrected chi connectivity index (χ3v) is 3.30. The van der Waals surface area contributed by atoms with Gasteiger partial charge in [0.15, 0.2) is 0 Å². The second kappa shape index (κ2) is 8.08. The molecule has 0 atom stereocenters. The summed E-state index contributed by atoms with van der Waals surface area (Å²) in [4.78, 5) is 11.1. The zero-order valence-corrected chi connectivity index (χ0v) is 12.7. The summed E-state index contributed by atoms with van der Waals surface area (Å²) < 4.78 is 5.68. The van der Waals surface area contributed by atoms with Gasteiger partial charge in [0.25, 0.3) is 0 Å². The quantitative estimate of drug-likeness (QED) is 0.724.